The van der Waals surface area contributed by atoms with E-state index >= 15 is 0 Å². The lowest BCUT2D eigenvalue weighted by Crippen LogP contribution is -2.01. The van der Waals surface area contributed by atoms with E-state index in [9.17, 15) is 19.8 Å². The topological polar surface area (TPSA) is 83.8 Å². The first-order valence-electron chi connectivity index (χ1n) is 7.56. The number of aromatic hydroxyl groups is 2. The van der Waals surface area contributed by atoms with E-state index in [1.165, 1.54) is 43.5 Å². The number of phenolic OH excluding ortho intramolecular Hbond substituents is 2. The van der Waals surface area contributed by atoms with Gasteiger partial charge in [-0.05, 0) is 47.5 Å². The number of methoxy groups -OCH3 is 1. The van der Waals surface area contributed by atoms with Crippen LogP contribution in [0.1, 0.15) is 17.5 Å². The SMILES string of the molecule is COc1ccc(/C=C/C(=O)CC(=O)/C=C/c2ccc(O)cc2)cc1O. The molecule has 0 aliphatic heterocycles. The fraction of sp³-hybridized carbons (Fsp3) is 0.100. The van der Waals surface area contributed by atoms with Gasteiger partial charge >= 0.3 is 0 Å². The van der Waals surface area contributed by atoms with Crippen LogP contribution in [0.5, 0.6) is 17.2 Å². The standard InChI is InChI=1S/C20H18O5/c1-25-20-11-6-15(12-19(20)24)5-10-18(23)13-17(22)9-4-14-2-7-16(21)8-3-14/h2-12,21,24H,13H2,1H3/b9-4+,10-5+. The zero-order chi connectivity index (χ0) is 18.2. The van der Waals surface area contributed by atoms with Crippen molar-refractivity contribution in [2.24, 2.45) is 0 Å². The second kappa shape index (κ2) is 8.49. The molecule has 5 nitrogen and oxygen atoms in total. The van der Waals surface area contributed by atoms with Crippen LogP contribution in [0.2, 0.25) is 0 Å². The summed E-state index contributed by atoms with van der Waals surface area (Å²) in [7, 11) is 1.45. The molecule has 0 radical (unpaired) electrons. The Morgan fingerprint density at radius 3 is 2.04 bits per heavy atom. The quantitative estimate of drug-likeness (QED) is 0.597. The molecule has 0 aromatic heterocycles. The monoisotopic (exact) mass is 338 g/mol. The lowest BCUT2D eigenvalue weighted by Gasteiger charge is -2.03. The van der Waals surface area contributed by atoms with Crippen LogP contribution in [-0.2, 0) is 9.59 Å². The number of ether oxygens (including phenoxy) is 1. The van der Waals surface area contributed by atoms with Crippen molar-refractivity contribution >= 4 is 23.7 Å². The summed E-state index contributed by atoms with van der Waals surface area (Å²) in [6, 6.07) is 11.1. The van der Waals surface area contributed by atoms with Crippen LogP contribution < -0.4 is 4.74 Å². The van der Waals surface area contributed by atoms with Crippen molar-refractivity contribution in [3.05, 3.63) is 65.7 Å². The molecule has 25 heavy (non-hydrogen) atoms. The average Bonchev–Trinajstić information content (AvgIpc) is 2.59. The molecule has 0 heterocycles. The Labute approximate surface area is 145 Å². The predicted octanol–water partition coefficient (Wildman–Crippen LogP) is 3.36. The van der Waals surface area contributed by atoms with Gasteiger partial charge in [-0.3, -0.25) is 9.59 Å². The van der Waals surface area contributed by atoms with E-state index in [1.54, 1.807) is 30.3 Å². The van der Waals surface area contributed by atoms with E-state index in [4.69, 9.17) is 4.74 Å². The van der Waals surface area contributed by atoms with Gasteiger partial charge < -0.3 is 14.9 Å². The maximum Gasteiger partial charge on any atom is 0.163 e. The summed E-state index contributed by atoms with van der Waals surface area (Å²) in [4.78, 5) is 23.6. The number of carbonyl (C=O) groups excluding carboxylic acids is 2. The second-order valence-corrected chi connectivity index (χ2v) is 5.30. The van der Waals surface area contributed by atoms with E-state index in [0.29, 0.717) is 11.3 Å². The van der Waals surface area contributed by atoms with E-state index < -0.39 is 0 Å². The first kappa shape index (κ1) is 18.0. The van der Waals surface area contributed by atoms with Gasteiger partial charge in [-0.25, -0.2) is 0 Å². The first-order valence-corrected chi connectivity index (χ1v) is 7.56. The predicted molar refractivity (Wildman–Crippen MR) is 95.5 cm³/mol. The molecule has 2 rings (SSSR count). The second-order valence-electron chi connectivity index (χ2n) is 5.30. The van der Waals surface area contributed by atoms with Crippen molar-refractivity contribution in [2.75, 3.05) is 7.11 Å². The van der Waals surface area contributed by atoms with Gasteiger partial charge in [0.1, 0.15) is 5.75 Å². The molecule has 0 amide bonds. The van der Waals surface area contributed by atoms with Crippen molar-refractivity contribution in [1.82, 2.24) is 0 Å². The number of carbonyl (C=O) groups is 2. The summed E-state index contributed by atoms with van der Waals surface area (Å²) in [6.45, 7) is 0. The highest BCUT2D eigenvalue weighted by molar-refractivity contribution is 6.10. The third-order valence-electron chi connectivity index (χ3n) is 3.37. The Morgan fingerprint density at radius 2 is 1.48 bits per heavy atom. The zero-order valence-corrected chi connectivity index (χ0v) is 13.7. The molecule has 0 aliphatic carbocycles. The zero-order valence-electron chi connectivity index (χ0n) is 13.7. The van der Waals surface area contributed by atoms with Gasteiger partial charge in [0.15, 0.2) is 23.1 Å². The van der Waals surface area contributed by atoms with Gasteiger partial charge in [0, 0.05) is 0 Å². The third-order valence-corrected chi connectivity index (χ3v) is 3.37. The molecule has 0 unspecified atom stereocenters. The van der Waals surface area contributed by atoms with E-state index in [0.717, 1.165) is 5.56 Å². The van der Waals surface area contributed by atoms with Gasteiger partial charge in [-0.1, -0.05) is 30.4 Å². The van der Waals surface area contributed by atoms with Gasteiger partial charge in [0.25, 0.3) is 0 Å². The Kier molecular flexibility index (Phi) is 6.12. The molecule has 0 aliphatic rings. The summed E-state index contributed by atoms with van der Waals surface area (Å²) < 4.78 is 4.94. The van der Waals surface area contributed by atoms with Crippen LogP contribution in [-0.4, -0.2) is 28.9 Å². The summed E-state index contributed by atoms with van der Waals surface area (Å²) in [6.07, 6.45) is 5.50. The van der Waals surface area contributed by atoms with Crippen LogP contribution in [0.25, 0.3) is 12.2 Å². The number of allylic oxidation sites excluding steroid dienone is 2. The molecule has 2 aromatic rings. The van der Waals surface area contributed by atoms with E-state index in [2.05, 4.69) is 0 Å². The minimum Gasteiger partial charge on any atom is -0.508 e. The summed E-state index contributed by atoms with van der Waals surface area (Å²) in [5.74, 6) is -0.188. The molecule has 2 aromatic carbocycles. The van der Waals surface area contributed by atoms with Crippen LogP contribution in [0.4, 0.5) is 0 Å². The molecule has 0 spiro atoms. The molecular weight excluding hydrogens is 320 g/mol. The number of benzene rings is 2. The third kappa shape index (κ3) is 5.66. The minimum atomic E-state index is -0.337. The molecular formula is C20H18O5. The fourth-order valence-electron chi connectivity index (χ4n) is 2.06. The summed E-state index contributed by atoms with van der Waals surface area (Å²) >= 11 is 0. The normalized spacial score (nSPS) is 11.1. The van der Waals surface area contributed by atoms with Crippen LogP contribution in [0, 0.1) is 0 Å². The van der Waals surface area contributed by atoms with Crippen molar-refractivity contribution < 1.29 is 24.5 Å². The molecule has 2 N–H and O–H groups in total. The van der Waals surface area contributed by atoms with Crippen molar-refractivity contribution in [3.63, 3.8) is 0 Å². The Balaban J connectivity index is 1.91. The van der Waals surface area contributed by atoms with Crippen molar-refractivity contribution in [1.29, 1.82) is 0 Å². The van der Waals surface area contributed by atoms with Gasteiger partial charge in [-0.15, -0.1) is 0 Å². The molecule has 0 fully saturated rings. The number of ketones is 2. The Bertz CT molecular complexity index is 816. The maximum atomic E-state index is 11.8. The molecule has 5 heteroatoms. The van der Waals surface area contributed by atoms with Gasteiger partial charge in [0.05, 0.1) is 13.5 Å². The smallest absolute Gasteiger partial charge is 0.163 e. The fourth-order valence-corrected chi connectivity index (χ4v) is 2.06. The van der Waals surface area contributed by atoms with Gasteiger partial charge in [0.2, 0.25) is 0 Å². The highest BCUT2D eigenvalue weighted by Crippen LogP contribution is 2.26. The lowest BCUT2D eigenvalue weighted by atomic mass is 10.1. The lowest BCUT2D eigenvalue weighted by molar-refractivity contribution is -0.121. The number of hydrogen-bond donors (Lipinski definition) is 2. The van der Waals surface area contributed by atoms with E-state index in [1.807, 2.05) is 0 Å². The molecule has 0 atom stereocenters. The molecule has 0 saturated carbocycles. The Morgan fingerprint density at radius 1 is 0.920 bits per heavy atom. The molecule has 0 bridgehead atoms. The highest BCUT2D eigenvalue weighted by atomic mass is 16.5. The summed E-state index contributed by atoms with van der Waals surface area (Å²) in [5.41, 5.74) is 1.38. The molecule has 0 saturated heterocycles. The minimum absolute atomic E-state index is 0.0231. The first-order chi connectivity index (χ1) is 12.0. The summed E-state index contributed by atoms with van der Waals surface area (Å²) in [5, 5.41) is 18.9. The van der Waals surface area contributed by atoms with Crippen LogP contribution in [0.15, 0.2) is 54.6 Å². The van der Waals surface area contributed by atoms with Gasteiger partial charge in [-0.2, -0.15) is 0 Å². The largest absolute Gasteiger partial charge is 0.508 e. The number of hydrogen-bond acceptors (Lipinski definition) is 5. The van der Waals surface area contributed by atoms with Crippen LogP contribution in [0.3, 0.4) is 0 Å². The Hall–Kier alpha value is -3.34. The van der Waals surface area contributed by atoms with Crippen molar-refractivity contribution in [2.45, 2.75) is 6.42 Å². The maximum absolute atomic E-state index is 11.8. The van der Waals surface area contributed by atoms with Crippen molar-refractivity contribution in [3.8, 4) is 17.2 Å². The number of phenols is 2. The molecule has 128 valence electrons. The highest BCUT2D eigenvalue weighted by Gasteiger charge is 2.05. The van der Waals surface area contributed by atoms with E-state index in [-0.39, 0.29) is 29.5 Å². The van der Waals surface area contributed by atoms with Crippen LogP contribution >= 0.6 is 0 Å². The average molecular weight is 338 g/mol. The number of rotatable bonds is 7.